The molecule has 0 bridgehead atoms. The van der Waals surface area contributed by atoms with E-state index in [1.807, 2.05) is 61.5 Å². The van der Waals surface area contributed by atoms with Crippen LogP contribution in [0.3, 0.4) is 0 Å². The third kappa shape index (κ3) is 4.55. The lowest BCUT2D eigenvalue weighted by Crippen LogP contribution is -1.88. The maximum absolute atomic E-state index is 5.81. The summed E-state index contributed by atoms with van der Waals surface area (Å²) >= 11 is 6.48. The molecule has 0 amide bonds. The second-order valence-corrected chi connectivity index (χ2v) is 9.06. The van der Waals surface area contributed by atoms with E-state index in [1.54, 1.807) is 0 Å². The third-order valence-electron chi connectivity index (χ3n) is 3.57. The van der Waals surface area contributed by atoms with E-state index in [0.717, 1.165) is 25.2 Å². The molecule has 9 heteroatoms. The van der Waals surface area contributed by atoms with Crippen molar-refractivity contribution in [2.24, 2.45) is 0 Å². The molecule has 4 aromatic rings. The first-order valence-corrected chi connectivity index (χ1v) is 10.6. The second kappa shape index (κ2) is 8.20. The Labute approximate surface area is 172 Å². The van der Waals surface area contributed by atoms with Crippen LogP contribution in [0.25, 0.3) is 11.5 Å². The molecule has 2 aromatic heterocycles. The summed E-state index contributed by atoms with van der Waals surface area (Å²) < 4.78 is 7.65. The molecule has 0 saturated carbocycles. The molecule has 6 nitrogen and oxygen atoms in total. The van der Waals surface area contributed by atoms with Crippen molar-refractivity contribution < 1.29 is 4.42 Å². The first-order chi connectivity index (χ1) is 13.2. The zero-order valence-corrected chi connectivity index (χ0v) is 17.4. The molecule has 0 fully saturated rings. The molecule has 0 aliphatic carbocycles. The van der Waals surface area contributed by atoms with Crippen molar-refractivity contribution in [3.8, 4) is 11.5 Å². The first-order valence-electron chi connectivity index (χ1n) is 8.09. The number of benzene rings is 2. The lowest BCUT2D eigenvalue weighted by atomic mass is 10.2. The average molecular weight is 460 g/mol. The molecule has 4 rings (SSSR count). The van der Waals surface area contributed by atoms with Gasteiger partial charge in [0.1, 0.15) is 0 Å². The summed E-state index contributed by atoms with van der Waals surface area (Å²) in [6.45, 7) is 2.01. The van der Waals surface area contributed by atoms with Gasteiger partial charge >= 0.3 is 0 Å². The summed E-state index contributed by atoms with van der Waals surface area (Å²) in [5.41, 5.74) is 1.86. The van der Waals surface area contributed by atoms with E-state index >= 15 is 0 Å². The van der Waals surface area contributed by atoms with Crippen LogP contribution in [0.2, 0.25) is 0 Å². The average Bonchev–Trinajstić information content (AvgIpc) is 3.32. The Morgan fingerprint density at radius 1 is 1.04 bits per heavy atom. The van der Waals surface area contributed by atoms with Gasteiger partial charge in [0.2, 0.25) is 16.9 Å². The van der Waals surface area contributed by atoms with E-state index in [9.17, 15) is 0 Å². The summed E-state index contributed by atoms with van der Waals surface area (Å²) in [5, 5.41) is 20.7. The number of anilines is 2. The van der Waals surface area contributed by atoms with Crippen molar-refractivity contribution in [1.29, 1.82) is 0 Å². The molecule has 0 aliphatic heterocycles. The van der Waals surface area contributed by atoms with Crippen LogP contribution < -0.4 is 5.32 Å². The Balaban J connectivity index is 1.42. The van der Waals surface area contributed by atoms with Gasteiger partial charge in [0.05, 0.1) is 5.25 Å². The topological polar surface area (TPSA) is 76.7 Å². The molecule has 136 valence electrons. The Morgan fingerprint density at radius 3 is 2.70 bits per heavy atom. The fourth-order valence-electron chi connectivity index (χ4n) is 2.30. The van der Waals surface area contributed by atoms with Crippen LogP contribution in [-0.2, 0) is 0 Å². The minimum absolute atomic E-state index is 0.0263. The van der Waals surface area contributed by atoms with Crippen LogP contribution in [-0.4, -0.2) is 20.4 Å². The second-order valence-electron chi connectivity index (χ2n) is 5.58. The lowest BCUT2D eigenvalue weighted by Gasteiger charge is -2.03. The van der Waals surface area contributed by atoms with Gasteiger partial charge < -0.3 is 9.73 Å². The molecule has 1 unspecified atom stereocenters. The highest BCUT2D eigenvalue weighted by Crippen LogP contribution is 2.38. The van der Waals surface area contributed by atoms with E-state index in [-0.39, 0.29) is 5.25 Å². The Morgan fingerprint density at radius 2 is 1.89 bits per heavy atom. The maximum Gasteiger partial charge on any atom is 0.247 e. The lowest BCUT2D eigenvalue weighted by molar-refractivity contribution is 0.509. The number of rotatable bonds is 6. The largest absolute Gasteiger partial charge is 0.419 e. The van der Waals surface area contributed by atoms with E-state index in [1.165, 1.54) is 23.1 Å². The third-order valence-corrected chi connectivity index (χ3v) is 6.07. The van der Waals surface area contributed by atoms with Gasteiger partial charge in [0.15, 0.2) is 4.34 Å². The quantitative estimate of drug-likeness (QED) is 0.357. The van der Waals surface area contributed by atoms with Gasteiger partial charge in [0, 0.05) is 15.7 Å². The summed E-state index contributed by atoms with van der Waals surface area (Å²) in [4.78, 5) is 0. The van der Waals surface area contributed by atoms with Crippen LogP contribution in [0.1, 0.15) is 18.1 Å². The molecule has 1 N–H and O–H groups in total. The van der Waals surface area contributed by atoms with Gasteiger partial charge in [-0.2, -0.15) is 0 Å². The van der Waals surface area contributed by atoms with Gasteiger partial charge in [-0.15, -0.1) is 20.4 Å². The number of thioether (sulfide) groups is 1. The fourth-order valence-corrected chi connectivity index (χ4v) is 4.64. The number of hydrogen-bond donors (Lipinski definition) is 1. The summed E-state index contributed by atoms with van der Waals surface area (Å²) in [7, 11) is 0. The zero-order chi connectivity index (χ0) is 18.6. The number of hydrogen-bond acceptors (Lipinski definition) is 8. The highest BCUT2D eigenvalue weighted by molar-refractivity contribution is 9.10. The van der Waals surface area contributed by atoms with Gasteiger partial charge in [-0.05, 0) is 37.3 Å². The minimum Gasteiger partial charge on any atom is -0.419 e. The zero-order valence-electron chi connectivity index (χ0n) is 14.2. The van der Waals surface area contributed by atoms with Crippen LogP contribution in [0.15, 0.2) is 67.8 Å². The molecule has 27 heavy (non-hydrogen) atoms. The van der Waals surface area contributed by atoms with Crippen molar-refractivity contribution in [2.75, 3.05) is 5.32 Å². The molecule has 0 saturated heterocycles. The number of aromatic nitrogens is 4. The van der Waals surface area contributed by atoms with Crippen LogP contribution >= 0.6 is 39.0 Å². The number of halogens is 1. The molecule has 2 heterocycles. The van der Waals surface area contributed by atoms with Gasteiger partial charge in [-0.1, -0.05) is 63.3 Å². The van der Waals surface area contributed by atoms with Crippen molar-refractivity contribution in [1.82, 2.24) is 20.4 Å². The molecule has 0 aliphatic rings. The fraction of sp³-hybridized carbons (Fsp3) is 0.111. The van der Waals surface area contributed by atoms with Crippen molar-refractivity contribution in [3.05, 3.63) is 65.0 Å². The maximum atomic E-state index is 5.81. The summed E-state index contributed by atoms with van der Waals surface area (Å²) in [6.07, 6.45) is 0. The smallest absolute Gasteiger partial charge is 0.247 e. The van der Waals surface area contributed by atoms with E-state index in [4.69, 9.17) is 4.42 Å². The summed E-state index contributed by atoms with van der Waals surface area (Å²) in [6, 6.07) is 17.6. The highest BCUT2D eigenvalue weighted by Gasteiger charge is 2.18. The standard InChI is InChI=1S/C18H14BrN5OS2/c1-11(15-21-22-16(25-15)12-6-3-2-4-7-12)26-18-24-23-17(27-18)20-14-9-5-8-13(19)10-14/h2-11H,1H3,(H,20,23). The normalized spacial score (nSPS) is 12.1. The molecule has 0 spiro atoms. The van der Waals surface area contributed by atoms with E-state index < -0.39 is 0 Å². The molecule has 0 radical (unpaired) electrons. The Bertz CT molecular complexity index is 1040. The molecular weight excluding hydrogens is 446 g/mol. The van der Waals surface area contributed by atoms with Crippen molar-refractivity contribution in [3.63, 3.8) is 0 Å². The van der Waals surface area contributed by atoms with Crippen LogP contribution in [0, 0.1) is 0 Å². The molecule has 1 atom stereocenters. The van der Waals surface area contributed by atoms with Crippen molar-refractivity contribution in [2.45, 2.75) is 16.5 Å². The van der Waals surface area contributed by atoms with Crippen LogP contribution in [0.4, 0.5) is 10.8 Å². The molecular formula is C18H14BrN5OS2. The predicted octanol–water partition coefficient (Wildman–Crippen LogP) is 5.95. The monoisotopic (exact) mass is 459 g/mol. The van der Waals surface area contributed by atoms with Gasteiger partial charge in [-0.25, -0.2) is 0 Å². The van der Waals surface area contributed by atoms with E-state index in [0.29, 0.717) is 11.8 Å². The van der Waals surface area contributed by atoms with Gasteiger partial charge in [0.25, 0.3) is 0 Å². The Hall–Kier alpha value is -2.23. The minimum atomic E-state index is -0.0263. The predicted molar refractivity (Wildman–Crippen MR) is 111 cm³/mol. The Kier molecular flexibility index (Phi) is 5.51. The SMILES string of the molecule is CC(Sc1nnc(Nc2cccc(Br)c2)s1)c1nnc(-c2ccccc2)o1. The van der Waals surface area contributed by atoms with Crippen LogP contribution in [0.5, 0.6) is 0 Å². The summed E-state index contributed by atoms with van der Waals surface area (Å²) in [5.74, 6) is 1.09. The van der Waals surface area contributed by atoms with E-state index in [2.05, 4.69) is 41.6 Å². The van der Waals surface area contributed by atoms with Gasteiger partial charge in [-0.3, -0.25) is 0 Å². The molecule has 2 aromatic carbocycles. The number of nitrogens with zero attached hydrogens (tertiary/aromatic N) is 4. The first kappa shape index (κ1) is 18.1. The highest BCUT2D eigenvalue weighted by atomic mass is 79.9. The van der Waals surface area contributed by atoms with Crippen molar-refractivity contribution >= 4 is 49.8 Å². The number of nitrogens with one attached hydrogen (secondary N) is 1.